The first kappa shape index (κ1) is 13.2. The van der Waals surface area contributed by atoms with Crippen LogP contribution in [0.15, 0.2) is 30.3 Å². The average molecular weight is 256 g/mol. The quantitative estimate of drug-likeness (QED) is 0.619. The first-order valence-electron chi connectivity index (χ1n) is 6.25. The van der Waals surface area contributed by atoms with E-state index in [-0.39, 0.29) is 10.6 Å². The van der Waals surface area contributed by atoms with Crippen LogP contribution in [0.1, 0.15) is 23.9 Å². The van der Waals surface area contributed by atoms with Crippen molar-refractivity contribution in [1.82, 2.24) is 4.98 Å². The molecule has 0 N–H and O–H groups in total. The van der Waals surface area contributed by atoms with E-state index in [2.05, 4.69) is 18.0 Å². The summed E-state index contributed by atoms with van der Waals surface area (Å²) in [7, 11) is 0. The van der Waals surface area contributed by atoms with Crippen molar-refractivity contribution in [3.63, 3.8) is 0 Å². The Morgan fingerprint density at radius 1 is 1.21 bits per heavy atom. The zero-order chi connectivity index (χ0) is 14.0. The number of nitro benzene ring substituents is 1. The Kier molecular flexibility index (Phi) is 3.60. The van der Waals surface area contributed by atoms with Crippen LogP contribution in [0.3, 0.4) is 0 Å². The lowest BCUT2D eigenvalue weighted by molar-refractivity contribution is -0.384. The van der Waals surface area contributed by atoms with Gasteiger partial charge in [-0.2, -0.15) is 0 Å². The number of hydrogen-bond acceptors (Lipinski definition) is 3. The Morgan fingerprint density at radius 2 is 1.84 bits per heavy atom. The third kappa shape index (κ3) is 2.62. The third-order valence-corrected chi connectivity index (χ3v) is 3.32. The van der Waals surface area contributed by atoms with Crippen LogP contribution in [-0.4, -0.2) is 9.91 Å². The van der Waals surface area contributed by atoms with Crippen molar-refractivity contribution in [2.24, 2.45) is 0 Å². The molecule has 19 heavy (non-hydrogen) atoms. The highest BCUT2D eigenvalue weighted by Gasteiger charge is 2.10. The van der Waals surface area contributed by atoms with Crippen LogP contribution in [0, 0.1) is 24.0 Å². The fourth-order valence-electron chi connectivity index (χ4n) is 2.04. The van der Waals surface area contributed by atoms with E-state index in [1.165, 1.54) is 12.1 Å². The van der Waals surface area contributed by atoms with E-state index >= 15 is 0 Å². The minimum absolute atomic E-state index is 0.114. The SMILES string of the molecule is CCc1cc(-c2ccc([N+](=O)[O-])cc2)c(C)c(C)n1. The average Bonchev–Trinajstić information content (AvgIpc) is 2.41. The second-order valence-electron chi connectivity index (χ2n) is 4.53. The molecule has 0 unspecified atom stereocenters. The van der Waals surface area contributed by atoms with Gasteiger partial charge in [0, 0.05) is 23.5 Å². The molecule has 4 heteroatoms. The van der Waals surface area contributed by atoms with Crippen LogP contribution < -0.4 is 0 Å². The van der Waals surface area contributed by atoms with Crippen molar-refractivity contribution in [3.8, 4) is 11.1 Å². The maximum absolute atomic E-state index is 10.7. The zero-order valence-corrected chi connectivity index (χ0v) is 11.3. The van der Waals surface area contributed by atoms with Gasteiger partial charge in [-0.05, 0) is 55.2 Å². The second-order valence-corrected chi connectivity index (χ2v) is 4.53. The van der Waals surface area contributed by atoms with E-state index < -0.39 is 0 Å². The summed E-state index contributed by atoms with van der Waals surface area (Å²) < 4.78 is 0. The van der Waals surface area contributed by atoms with Gasteiger partial charge >= 0.3 is 0 Å². The van der Waals surface area contributed by atoms with Gasteiger partial charge in [-0.1, -0.05) is 6.92 Å². The van der Waals surface area contributed by atoms with Gasteiger partial charge in [-0.3, -0.25) is 15.1 Å². The maximum Gasteiger partial charge on any atom is 0.269 e. The molecule has 2 rings (SSSR count). The number of nitro groups is 1. The number of aryl methyl sites for hydroxylation is 2. The molecule has 0 fully saturated rings. The zero-order valence-electron chi connectivity index (χ0n) is 11.3. The van der Waals surface area contributed by atoms with E-state index in [1.807, 2.05) is 13.8 Å². The largest absolute Gasteiger partial charge is 0.269 e. The third-order valence-electron chi connectivity index (χ3n) is 3.32. The highest BCUT2D eigenvalue weighted by molar-refractivity contribution is 5.69. The Balaban J connectivity index is 2.51. The number of non-ortho nitro benzene ring substituents is 1. The van der Waals surface area contributed by atoms with Gasteiger partial charge in [0.25, 0.3) is 5.69 Å². The molecule has 0 aliphatic heterocycles. The summed E-state index contributed by atoms with van der Waals surface area (Å²) in [5, 5.41) is 10.7. The lowest BCUT2D eigenvalue weighted by Gasteiger charge is -2.10. The highest BCUT2D eigenvalue weighted by atomic mass is 16.6. The van der Waals surface area contributed by atoms with Gasteiger partial charge in [0.1, 0.15) is 0 Å². The molecule has 0 aliphatic rings. The number of rotatable bonds is 3. The molecule has 0 bridgehead atoms. The molecule has 0 radical (unpaired) electrons. The number of pyridine rings is 1. The van der Waals surface area contributed by atoms with Crippen LogP contribution >= 0.6 is 0 Å². The molecule has 0 amide bonds. The predicted octanol–water partition coefficient (Wildman–Crippen LogP) is 3.84. The van der Waals surface area contributed by atoms with Crippen LogP contribution in [-0.2, 0) is 6.42 Å². The molecule has 0 atom stereocenters. The van der Waals surface area contributed by atoms with E-state index in [0.29, 0.717) is 0 Å². The van der Waals surface area contributed by atoms with E-state index in [0.717, 1.165) is 34.5 Å². The molecule has 0 spiro atoms. The number of hydrogen-bond donors (Lipinski definition) is 0. The lowest BCUT2D eigenvalue weighted by atomic mass is 9.98. The summed E-state index contributed by atoms with van der Waals surface area (Å²) in [5.74, 6) is 0. The Hall–Kier alpha value is -2.23. The van der Waals surface area contributed by atoms with Gasteiger partial charge in [-0.25, -0.2) is 0 Å². The fraction of sp³-hybridized carbons (Fsp3) is 0.267. The Labute approximate surface area is 112 Å². The standard InChI is InChI=1S/C15H16N2O2/c1-4-13-9-15(10(2)11(3)16-13)12-5-7-14(8-6-12)17(18)19/h5-9H,4H2,1-3H3. The predicted molar refractivity (Wildman–Crippen MR) is 75.2 cm³/mol. The van der Waals surface area contributed by atoms with Gasteiger partial charge in [0.2, 0.25) is 0 Å². The van der Waals surface area contributed by atoms with Gasteiger partial charge in [0.15, 0.2) is 0 Å². The molecule has 0 aliphatic carbocycles. The molecular weight excluding hydrogens is 240 g/mol. The summed E-state index contributed by atoms with van der Waals surface area (Å²) in [6, 6.07) is 8.72. The number of aromatic nitrogens is 1. The highest BCUT2D eigenvalue weighted by Crippen LogP contribution is 2.27. The summed E-state index contributed by atoms with van der Waals surface area (Å²) in [4.78, 5) is 14.8. The van der Waals surface area contributed by atoms with Crippen molar-refractivity contribution < 1.29 is 4.92 Å². The molecule has 1 aromatic carbocycles. The topological polar surface area (TPSA) is 56.0 Å². The van der Waals surface area contributed by atoms with Crippen molar-refractivity contribution >= 4 is 5.69 Å². The molecule has 4 nitrogen and oxygen atoms in total. The summed E-state index contributed by atoms with van der Waals surface area (Å²) >= 11 is 0. The monoisotopic (exact) mass is 256 g/mol. The van der Waals surface area contributed by atoms with E-state index in [1.54, 1.807) is 12.1 Å². The normalized spacial score (nSPS) is 10.5. The Morgan fingerprint density at radius 3 is 2.37 bits per heavy atom. The molecule has 2 aromatic rings. The van der Waals surface area contributed by atoms with Gasteiger partial charge < -0.3 is 0 Å². The summed E-state index contributed by atoms with van der Waals surface area (Å²) in [5.41, 5.74) is 5.36. The van der Waals surface area contributed by atoms with Gasteiger partial charge in [0.05, 0.1) is 4.92 Å². The minimum Gasteiger partial charge on any atom is -0.258 e. The van der Waals surface area contributed by atoms with Gasteiger partial charge in [-0.15, -0.1) is 0 Å². The van der Waals surface area contributed by atoms with Crippen molar-refractivity contribution in [3.05, 3.63) is 57.4 Å². The van der Waals surface area contributed by atoms with Crippen molar-refractivity contribution in [2.45, 2.75) is 27.2 Å². The number of nitrogens with zero attached hydrogens (tertiary/aromatic N) is 2. The molecule has 98 valence electrons. The number of benzene rings is 1. The first-order valence-corrected chi connectivity index (χ1v) is 6.25. The molecule has 0 saturated heterocycles. The maximum atomic E-state index is 10.7. The van der Waals surface area contributed by atoms with Crippen LogP contribution in [0.4, 0.5) is 5.69 Å². The van der Waals surface area contributed by atoms with Crippen molar-refractivity contribution in [1.29, 1.82) is 0 Å². The summed E-state index contributed by atoms with van der Waals surface area (Å²) in [6.45, 7) is 6.08. The summed E-state index contributed by atoms with van der Waals surface area (Å²) in [6.07, 6.45) is 0.876. The second kappa shape index (κ2) is 5.18. The van der Waals surface area contributed by atoms with E-state index in [4.69, 9.17) is 0 Å². The van der Waals surface area contributed by atoms with E-state index in [9.17, 15) is 10.1 Å². The van der Waals surface area contributed by atoms with Crippen molar-refractivity contribution in [2.75, 3.05) is 0 Å². The molecular formula is C15H16N2O2. The van der Waals surface area contributed by atoms with Crippen LogP contribution in [0.5, 0.6) is 0 Å². The first-order chi connectivity index (χ1) is 9.02. The smallest absolute Gasteiger partial charge is 0.258 e. The van der Waals surface area contributed by atoms with Crippen LogP contribution in [0.2, 0.25) is 0 Å². The molecule has 1 heterocycles. The van der Waals surface area contributed by atoms with Crippen LogP contribution in [0.25, 0.3) is 11.1 Å². The molecule has 0 saturated carbocycles. The Bertz CT molecular complexity index is 619. The minimum atomic E-state index is -0.383. The lowest BCUT2D eigenvalue weighted by Crippen LogP contribution is -1.97. The fourth-order valence-corrected chi connectivity index (χ4v) is 2.04. The molecule has 1 aromatic heterocycles.